The van der Waals surface area contributed by atoms with E-state index < -0.39 is 0 Å². The lowest BCUT2D eigenvalue weighted by Crippen LogP contribution is -2.24. The van der Waals surface area contributed by atoms with Gasteiger partial charge in [0, 0.05) is 6.04 Å². The third kappa shape index (κ3) is 5.35. The van der Waals surface area contributed by atoms with Crippen LogP contribution in [0.5, 0.6) is 5.75 Å². The summed E-state index contributed by atoms with van der Waals surface area (Å²) in [6.07, 6.45) is 1.01. The number of nitrogens with one attached hydrogen (secondary N) is 1. The van der Waals surface area contributed by atoms with Gasteiger partial charge in [-0.15, -0.1) is 0 Å². The first kappa shape index (κ1) is 18.0. The molecule has 1 unspecified atom stereocenters. The van der Waals surface area contributed by atoms with Crippen LogP contribution in [0, 0.1) is 0 Å². The monoisotopic (exact) mass is 291 g/mol. The predicted molar refractivity (Wildman–Crippen MR) is 92.5 cm³/mol. The SMILES string of the molecule is CNC(C)CCOc1ccc(C(C)(C)C)cc1C(C)(C)C. The van der Waals surface area contributed by atoms with Crippen molar-refractivity contribution in [2.45, 2.75) is 71.8 Å². The van der Waals surface area contributed by atoms with Gasteiger partial charge in [-0.2, -0.15) is 0 Å². The largest absolute Gasteiger partial charge is 0.493 e. The molecular formula is C19H33NO. The van der Waals surface area contributed by atoms with E-state index in [2.05, 4.69) is 72.0 Å². The summed E-state index contributed by atoms with van der Waals surface area (Å²) in [5.74, 6) is 1.03. The number of ether oxygens (including phenoxy) is 1. The van der Waals surface area contributed by atoms with E-state index in [0.717, 1.165) is 18.8 Å². The Morgan fingerprint density at radius 1 is 1.05 bits per heavy atom. The Morgan fingerprint density at radius 3 is 2.14 bits per heavy atom. The molecule has 0 bridgehead atoms. The second kappa shape index (κ2) is 6.83. The molecule has 1 rings (SSSR count). The van der Waals surface area contributed by atoms with Crippen LogP contribution in [0.3, 0.4) is 0 Å². The van der Waals surface area contributed by atoms with E-state index in [0.29, 0.717) is 6.04 Å². The molecule has 2 heteroatoms. The number of hydrogen-bond acceptors (Lipinski definition) is 2. The molecular weight excluding hydrogens is 258 g/mol. The van der Waals surface area contributed by atoms with Gasteiger partial charge in [0.25, 0.3) is 0 Å². The summed E-state index contributed by atoms with van der Waals surface area (Å²) in [6, 6.07) is 7.14. The summed E-state index contributed by atoms with van der Waals surface area (Å²) in [7, 11) is 1.99. The fourth-order valence-corrected chi connectivity index (χ4v) is 2.20. The average Bonchev–Trinajstić information content (AvgIpc) is 2.36. The minimum absolute atomic E-state index is 0.0885. The van der Waals surface area contributed by atoms with Crippen molar-refractivity contribution in [3.8, 4) is 5.75 Å². The van der Waals surface area contributed by atoms with E-state index in [-0.39, 0.29) is 10.8 Å². The van der Waals surface area contributed by atoms with Gasteiger partial charge >= 0.3 is 0 Å². The Hall–Kier alpha value is -1.02. The van der Waals surface area contributed by atoms with E-state index in [1.165, 1.54) is 11.1 Å². The molecule has 0 aliphatic carbocycles. The molecule has 21 heavy (non-hydrogen) atoms. The smallest absolute Gasteiger partial charge is 0.123 e. The van der Waals surface area contributed by atoms with Gasteiger partial charge in [-0.05, 0) is 48.4 Å². The quantitative estimate of drug-likeness (QED) is 0.852. The molecule has 1 atom stereocenters. The van der Waals surface area contributed by atoms with Gasteiger partial charge in [0.2, 0.25) is 0 Å². The molecule has 0 saturated carbocycles. The van der Waals surface area contributed by atoms with Crippen molar-refractivity contribution in [1.29, 1.82) is 0 Å². The van der Waals surface area contributed by atoms with Crippen LogP contribution in [0.25, 0.3) is 0 Å². The Bertz CT molecular complexity index is 452. The summed E-state index contributed by atoms with van der Waals surface area (Å²) in [6.45, 7) is 16.4. The molecule has 1 N–H and O–H groups in total. The van der Waals surface area contributed by atoms with E-state index in [1.54, 1.807) is 0 Å². The zero-order valence-corrected chi connectivity index (χ0v) is 15.1. The topological polar surface area (TPSA) is 21.3 Å². The normalized spacial score (nSPS) is 14.1. The molecule has 2 nitrogen and oxygen atoms in total. The lowest BCUT2D eigenvalue weighted by Gasteiger charge is -2.27. The molecule has 0 fully saturated rings. The van der Waals surface area contributed by atoms with Crippen molar-refractivity contribution in [2.24, 2.45) is 0 Å². The van der Waals surface area contributed by atoms with Gasteiger partial charge in [0.1, 0.15) is 5.75 Å². The molecule has 0 radical (unpaired) electrons. The number of hydrogen-bond donors (Lipinski definition) is 1. The van der Waals surface area contributed by atoms with E-state index in [1.807, 2.05) is 7.05 Å². The lowest BCUT2D eigenvalue weighted by atomic mass is 9.80. The van der Waals surface area contributed by atoms with Crippen molar-refractivity contribution >= 4 is 0 Å². The van der Waals surface area contributed by atoms with Gasteiger partial charge < -0.3 is 10.1 Å². The van der Waals surface area contributed by atoms with Crippen LogP contribution >= 0.6 is 0 Å². The minimum Gasteiger partial charge on any atom is -0.493 e. The van der Waals surface area contributed by atoms with Gasteiger partial charge in [-0.3, -0.25) is 0 Å². The number of benzene rings is 1. The molecule has 120 valence electrons. The maximum atomic E-state index is 6.06. The fourth-order valence-electron chi connectivity index (χ4n) is 2.20. The molecule has 0 aliphatic heterocycles. The summed E-state index contributed by atoms with van der Waals surface area (Å²) >= 11 is 0. The maximum absolute atomic E-state index is 6.06. The van der Waals surface area contributed by atoms with Crippen LogP contribution in [0.15, 0.2) is 18.2 Å². The predicted octanol–water partition coefficient (Wildman–Crippen LogP) is 4.66. The van der Waals surface area contributed by atoms with Crippen molar-refractivity contribution in [3.05, 3.63) is 29.3 Å². The fraction of sp³-hybridized carbons (Fsp3) is 0.684. The zero-order chi connectivity index (χ0) is 16.3. The Balaban J connectivity index is 2.98. The highest BCUT2D eigenvalue weighted by molar-refractivity contribution is 5.43. The molecule has 0 aliphatic rings. The first-order chi connectivity index (χ1) is 9.55. The Labute approximate surface area is 131 Å². The first-order valence-corrected chi connectivity index (χ1v) is 8.01. The van der Waals surface area contributed by atoms with Gasteiger partial charge in [-0.1, -0.05) is 53.7 Å². The maximum Gasteiger partial charge on any atom is 0.123 e. The Morgan fingerprint density at radius 2 is 1.67 bits per heavy atom. The van der Waals surface area contributed by atoms with Crippen LogP contribution < -0.4 is 10.1 Å². The lowest BCUT2D eigenvalue weighted by molar-refractivity contribution is 0.286. The zero-order valence-electron chi connectivity index (χ0n) is 15.1. The van der Waals surface area contributed by atoms with E-state index >= 15 is 0 Å². The van der Waals surface area contributed by atoms with Gasteiger partial charge in [-0.25, -0.2) is 0 Å². The summed E-state index contributed by atoms with van der Waals surface area (Å²) in [4.78, 5) is 0. The van der Waals surface area contributed by atoms with Crippen LogP contribution in [0.4, 0.5) is 0 Å². The second-order valence-corrected chi connectivity index (χ2v) is 8.04. The third-order valence-corrected chi connectivity index (χ3v) is 3.95. The average molecular weight is 291 g/mol. The molecule has 0 spiro atoms. The van der Waals surface area contributed by atoms with Crippen LogP contribution in [0.1, 0.15) is 66.0 Å². The van der Waals surface area contributed by atoms with Gasteiger partial charge in [0.05, 0.1) is 6.61 Å². The first-order valence-electron chi connectivity index (χ1n) is 8.01. The van der Waals surface area contributed by atoms with Crippen molar-refractivity contribution in [2.75, 3.05) is 13.7 Å². The summed E-state index contributed by atoms with van der Waals surface area (Å²) in [5, 5.41) is 3.25. The minimum atomic E-state index is 0.0885. The van der Waals surface area contributed by atoms with Crippen molar-refractivity contribution in [1.82, 2.24) is 5.32 Å². The van der Waals surface area contributed by atoms with E-state index in [4.69, 9.17) is 4.74 Å². The van der Waals surface area contributed by atoms with Crippen LogP contribution in [0.2, 0.25) is 0 Å². The second-order valence-electron chi connectivity index (χ2n) is 8.04. The third-order valence-electron chi connectivity index (χ3n) is 3.95. The summed E-state index contributed by atoms with van der Waals surface area (Å²) in [5.41, 5.74) is 2.92. The highest BCUT2D eigenvalue weighted by atomic mass is 16.5. The highest BCUT2D eigenvalue weighted by Gasteiger charge is 2.23. The molecule has 0 saturated heterocycles. The highest BCUT2D eigenvalue weighted by Crippen LogP contribution is 2.35. The molecule has 0 heterocycles. The Kier molecular flexibility index (Phi) is 5.86. The van der Waals surface area contributed by atoms with Crippen LogP contribution in [-0.2, 0) is 10.8 Å². The molecule has 1 aromatic carbocycles. The van der Waals surface area contributed by atoms with Crippen molar-refractivity contribution in [3.63, 3.8) is 0 Å². The number of rotatable bonds is 5. The molecule has 0 aromatic heterocycles. The van der Waals surface area contributed by atoms with Gasteiger partial charge in [0.15, 0.2) is 0 Å². The van der Waals surface area contributed by atoms with Crippen molar-refractivity contribution < 1.29 is 4.74 Å². The van der Waals surface area contributed by atoms with Crippen LogP contribution in [-0.4, -0.2) is 19.7 Å². The van der Waals surface area contributed by atoms with E-state index in [9.17, 15) is 0 Å². The molecule has 0 amide bonds. The standard InChI is InChI=1S/C19H33NO/c1-14(20-8)11-12-21-17-10-9-15(18(2,3)4)13-16(17)19(5,6)7/h9-10,13-14,20H,11-12H2,1-8H3. The summed E-state index contributed by atoms with van der Waals surface area (Å²) < 4.78 is 6.06. The molecule has 1 aromatic rings.